The van der Waals surface area contributed by atoms with Crippen LogP contribution < -0.4 is 20.5 Å². The summed E-state index contributed by atoms with van der Waals surface area (Å²) in [5, 5.41) is 3.37. The van der Waals surface area contributed by atoms with Crippen LogP contribution in [0.1, 0.15) is 17.2 Å². The van der Waals surface area contributed by atoms with Crippen LogP contribution in [0, 0.1) is 6.92 Å². The highest BCUT2D eigenvalue weighted by Crippen LogP contribution is 2.33. The monoisotopic (exact) mass is 266 g/mol. The lowest BCUT2D eigenvalue weighted by atomic mass is 9.97. The van der Waals surface area contributed by atoms with Gasteiger partial charge in [0.25, 0.3) is 0 Å². The smallest absolute Gasteiger partial charge is 0.124 e. The summed E-state index contributed by atoms with van der Waals surface area (Å²) in [5.74, 6) is 1.61. The number of hydrogen-bond donors (Lipinski definition) is 2. The van der Waals surface area contributed by atoms with Crippen LogP contribution in [0.25, 0.3) is 0 Å². The van der Waals surface area contributed by atoms with Crippen LogP contribution in [0.5, 0.6) is 11.5 Å². The van der Waals surface area contributed by atoms with Crippen LogP contribution in [0.15, 0.2) is 12.1 Å². The molecule has 0 bridgehead atoms. The van der Waals surface area contributed by atoms with Gasteiger partial charge >= 0.3 is 0 Å². The van der Waals surface area contributed by atoms with Crippen molar-refractivity contribution in [1.29, 1.82) is 0 Å². The van der Waals surface area contributed by atoms with Gasteiger partial charge < -0.3 is 25.3 Å². The van der Waals surface area contributed by atoms with E-state index in [2.05, 4.69) is 5.32 Å². The zero-order valence-electron chi connectivity index (χ0n) is 11.7. The molecule has 1 aliphatic rings. The van der Waals surface area contributed by atoms with Gasteiger partial charge in [0.1, 0.15) is 11.5 Å². The average Bonchev–Trinajstić information content (AvgIpc) is 2.47. The Kier molecular flexibility index (Phi) is 4.63. The van der Waals surface area contributed by atoms with Crippen LogP contribution in [0.2, 0.25) is 0 Å². The third-order valence-corrected chi connectivity index (χ3v) is 3.49. The predicted molar refractivity (Wildman–Crippen MR) is 73.8 cm³/mol. The van der Waals surface area contributed by atoms with Gasteiger partial charge in [-0.3, -0.25) is 0 Å². The number of nitrogens with one attached hydrogen (secondary N) is 1. The maximum Gasteiger partial charge on any atom is 0.124 e. The molecule has 0 radical (unpaired) electrons. The Labute approximate surface area is 114 Å². The van der Waals surface area contributed by atoms with Gasteiger partial charge in [0.15, 0.2) is 0 Å². The quantitative estimate of drug-likeness (QED) is 0.851. The molecule has 0 aliphatic carbocycles. The van der Waals surface area contributed by atoms with Crippen molar-refractivity contribution in [2.45, 2.75) is 19.0 Å². The first-order valence-electron chi connectivity index (χ1n) is 6.46. The molecule has 1 saturated heterocycles. The fourth-order valence-electron chi connectivity index (χ4n) is 2.37. The second-order valence-electron chi connectivity index (χ2n) is 4.73. The minimum absolute atomic E-state index is 0.0927. The SMILES string of the molecule is COc1cc(C(N)C2COCCN2)c(OC)cc1C. The van der Waals surface area contributed by atoms with E-state index in [-0.39, 0.29) is 12.1 Å². The van der Waals surface area contributed by atoms with Crippen LogP contribution in [-0.2, 0) is 4.74 Å². The first kappa shape index (κ1) is 14.1. The van der Waals surface area contributed by atoms with E-state index in [1.54, 1.807) is 14.2 Å². The minimum atomic E-state index is -0.190. The summed E-state index contributed by atoms with van der Waals surface area (Å²) < 4.78 is 16.3. The number of benzene rings is 1. The Bertz CT molecular complexity index is 431. The van der Waals surface area contributed by atoms with Gasteiger partial charge in [-0.05, 0) is 24.6 Å². The largest absolute Gasteiger partial charge is 0.496 e. The summed E-state index contributed by atoms with van der Waals surface area (Å²) >= 11 is 0. The molecule has 2 unspecified atom stereocenters. The zero-order chi connectivity index (χ0) is 13.8. The standard InChI is InChI=1S/C14H22N2O3/c1-9-6-13(18-3)10(7-12(9)17-2)14(15)11-8-19-5-4-16-11/h6-7,11,14,16H,4-5,8,15H2,1-3H3. The van der Waals surface area contributed by atoms with E-state index in [0.717, 1.165) is 35.8 Å². The molecule has 1 aromatic carbocycles. The highest BCUT2D eigenvalue weighted by molar-refractivity contribution is 5.47. The van der Waals surface area contributed by atoms with Crippen molar-refractivity contribution in [3.05, 3.63) is 23.3 Å². The molecule has 0 spiro atoms. The van der Waals surface area contributed by atoms with E-state index < -0.39 is 0 Å². The molecule has 5 nitrogen and oxygen atoms in total. The Morgan fingerprint density at radius 2 is 2.05 bits per heavy atom. The van der Waals surface area contributed by atoms with Crippen molar-refractivity contribution >= 4 is 0 Å². The van der Waals surface area contributed by atoms with Crippen LogP contribution in [-0.4, -0.2) is 40.0 Å². The molecule has 106 valence electrons. The van der Waals surface area contributed by atoms with Gasteiger partial charge in [-0.15, -0.1) is 0 Å². The number of methoxy groups -OCH3 is 2. The second kappa shape index (κ2) is 6.23. The van der Waals surface area contributed by atoms with Crippen molar-refractivity contribution in [3.63, 3.8) is 0 Å². The van der Waals surface area contributed by atoms with E-state index in [1.165, 1.54) is 0 Å². The lowest BCUT2D eigenvalue weighted by Crippen LogP contribution is -2.47. The first-order chi connectivity index (χ1) is 9.17. The third-order valence-electron chi connectivity index (χ3n) is 3.49. The maximum absolute atomic E-state index is 6.34. The molecule has 5 heteroatoms. The Balaban J connectivity index is 2.30. The molecule has 0 saturated carbocycles. The van der Waals surface area contributed by atoms with Gasteiger partial charge in [-0.2, -0.15) is 0 Å². The lowest BCUT2D eigenvalue weighted by molar-refractivity contribution is 0.0682. The number of morpholine rings is 1. The lowest BCUT2D eigenvalue weighted by Gasteiger charge is -2.30. The van der Waals surface area contributed by atoms with Gasteiger partial charge in [-0.1, -0.05) is 0 Å². The van der Waals surface area contributed by atoms with E-state index in [0.29, 0.717) is 6.61 Å². The number of nitrogens with two attached hydrogens (primary N) is 1. The minimum Gasteiger partial charge on any atom is -0.496 e. The molecule has 2 atom stereocenters. The van der Waals surface area contributed by atoms with Crippen molar-refractivity contribution in [1.82, 2.24) is 5.32 Å². The molecule has 0 aromatic heterocycles. The van der Waals surface area contributed by atoms with E-state index in [4.69, 9.17) is 19.9 Å². The van der Waals surface area contributed by atoms with Crippen molar-refractivity contribution in [2.75, 3.05) is 34.0 Å². The molecule has 19 heavy (non-hydrogen) atoms. The molecule has 1 aliphatic heterocycles. The van der Waals surface area contributed by atoms with Crippen molar-refractivity contribution in [3.8, 4) is 11.5 Å². The molecule has 3 N–H and O–H groups in total. The molecule has 1 aromatic rings. The summed E-state index contributed by atoms with van der Waals surface area (Å²) in [7, 11) is 3.31. The van der Waals surface area contributed by atoms with Crippen LogP contribution >= 0.6 is 0 Å². The zero-order valence-corrected chi connectivity index (χ0v) is 11.7. The van der Waals surface area contributed by atoms with Gasteiger partial charge in [0, 0.05) is 18.2 Å². The number of hydrogen-bond acceptors (Lipinski definition) is 5. The fraction of sp³-hybridized carbons (Fsp3) is 0.571. The first-order valence-corrected chi connectivity index (χ1v) is 6.46. The number of ether oxygens (including phenoxy) is 3. The second-order valence-corrected chi connectivity index (χ2v) is 4.73. The highest BCUT2D eigenvalue weighted by Gasteiger charge is 2.25. The molecular weight excluding hydrogens is 244 g/mol. The summed E-state index contributed by atoms with van der Waals surface area (Å²) in [4.78, 5) is 0. The highest BCUT2D eigenvalue weighted by atomic mass is 16.5. The Morgan fingerprint density at radius 3 is 2.63 bits per heavy atom. The van der Waals surface area contributed by atoms with E-state index >= 15 is 0 Å². The van der Waals surface area contributed by atoms with Crippen LogP contribution in [0.3, 0.4) is 0 Å². The average molecular weight is 266 g/mol. The summed E-state index contributed by atoms with van der Waals surface area (Å²) in [6.45, 7) is 4.15. The predicted octanol–water partition coefficient (Wildman–Crippen LogP) is 1.00. The Morgan fingerprint density at radius 1 is 1.32 bits per heavy atom. The molecule has 1 fully saturated rings. The topological polar surface area (TPSA) is 65.7 Å². The van der Waals surface area contributed by atoms with Gasteiger partial charge in [-0.25, -0.2) is 0 Å². The van der Waals surface area contributed by atoms with Crippen molar-refractivity contribution < 1.29 is 14.2 Å². The normalized spacial score (nSPS) is 20.9. The third kappa shape index (κ3) is 3.00. The van der Waals surface area contributed by atoms with Gasteiger partial charge in [0.2, 0.25) is 0 Å². The molecule has 0 amide bonds. The van der Waals surface area contributed by atoms with E-state index in [9.17, 15) is 0 Å². The fourth-order valence-corrected chi connectivity index (χ4v) is 2.37. The van der Waals surface area contributed by atoms with Gasteiger partial charge in [0.05, 0.1) is 33.5 Å². The summed E-state index contributed by atoms with van der Waals surface area (Å²) in [6.07, 6.45) is 0. The number of aryl methyl sites for hydroxylation is 1. The molecular formula is C14H22N2O3. The summed E-state index contributed by atoms with van der Waals surface area (Å²) in [5.41, 5.74) is 8.31. The molecule has 2 rings (SSSR count). The maximum atomic E-state index is 6.34. The summed E-state index contributed by atoms with van der Waals surface area (Å²) in [6, 6.07) is 3.81. The van der Waals surface area contributed by atoms with Crippen LogP contribution in [0.4, 0.5) is 0 Å². The molecule has 1 heterocycles. The van der Waals surface area contributed by atoms with E-state index in [1.807, 2.05) is 19.1 Å². The Hall–Kier alpha value is -1.30. The number of rotatable bonds is 4. The van der Waals surface area contributed by atoms with Crippen molar-refractivity contribution in [2.24, 2.45) is 5.73 Å².